The number of amides is 1. The molecule has 0 radical (unpaired) electrons. The van der Waals surface area contributed by atoms with Crippen molar-refractivity contribution in [3.63, 3.8) is 0 Å². The molecule has 1 fully saturated rings. The molecule has 1 aliphatic carbocycles. The smallest absolute Gasteiger partial charge is 0.271 e. The van der Waals surface area contributed by atoms with E-state index in [1.165, 1.54) is 12.8 Å². The number of aromatic nitrogens is 2. The molecule has 0 unspecified atom stereocenters. The molecular formula is C14H23N3O2. The molecule has 19 heavy (non-hydrogen) atoms. The Bertz CT molecular complexity index is 411. The summed E-state index contributed by atoms with van der Waals surface area (Å²) >= 11 is 0. The molecule has 2 rings (SSSR count). The Morgan fingerprint density at radius 1 is 1.58 bits per heavy atom. The molecule has 1 aliphatic rings. The quantitative estimate of drug-likeness (QED) is 0.707. The van der Waals surface area contributed by atoms with E-state index in [0.717, 1.165) is 18.7 Å². The van der Waals surface area contributed by atoms with Crippen LogP contribution in [0.25, 0.3) is 0 Å². The van der Waals surface area contributed by atoms with Crippen LogP contribution in [0.3, 0.4) is 0 Å². The lowest BCUT2D eigenvalue weighted by Crippen LogP contribution is -2.25. The Morgan fingerprint density at radius 3 is 3.05 bits per heavy atom. The van der Waals surface area contributed by atoms with Gasteiger partial charge in [-0.05, 0) is 31.2 Å². The summed E-state index contributed by atoms with van der Waals surface area (Å²) in [6.07, 6.45) is 3.24. The molecule has 1 aromatic rings. The van der Waals surface area contributed by atoms with Gasteiger partial charge in [0, 0.05) is 31.4 Å². The third-order valence-electron chi connectivity index (χ3n) is 3.05. The lowest BCUT2D eigenvalue weighted by molar-refractivity contribution is 0.0920. The molecule has 1 saturated carbocycles. The Balaban J connectivity index is 1.61. The molecular weight excluding hydrogens is 242 g/mol. The van der Waals surface area contributed by atoms with Crippen LogP contribution in [-0.4, -0.2) is 35.9 Å². The summed E-state index contributed by atoms with van der Waals surface area (Å²) in [5.41, 5.74) is 1.58. The first kappa shape index (κ1) is 14.1. The molecule has 0 bridgehead atoms. The second-order valence-electron chi connectivity index (χ2n) is 5.56. The molecule has 0 aliphatic heterocycles. The van der Waals surface area contributed by atoms with Crippen molar-refractivity contribution in [3.8, 4) is 0 Å². The summed E-state index contributed by atoms with van der Waals surface area (Å²) in [7, 11) is 0. The number of carbonyl (C=O) groups is 1. The number of carbonyl (C=O) groups excluding carboxylic acids is 1. The Kier molecular flexibility index (Phi) is 4.96. The van der Waals surface area contributed by atoms with Crippen molar-refractivity contribution in [1.82, 2.24) is 15.5 Å². The highest BCUT2D eigenvalue weighted by Gasteiger charge is 2.26. The van der Waals surface area contributed by atoms with Gasteiger partial charge in [0.25, 0.3) is 5.91 Å². The maximum absolute atomic E-state index is 11.8. The first-order valence-corrected chi connectivity index (χ1v) is 7.08. The highest BCUT2D eigenvalue weighted by molar-refractivity contribution is 5.92. The maximum atomic E-state index is 11.8. The van der Waals surface area contributed by atoms with Crippen LogP contribution in [0.2, 0.25) is 0 Å². The highest BCUT2D eigenvalue weighted by Crippen LogP contribution is 2.38. The van der Waals surface area contributed by atoms with Gasteiger partial charge in [0.1, 0.15) is 5.69 Å². The summed E-state index contributed by atoms with van der Waals surface area (Å²) in [6, 6.07) is 1.86. The standard InChI is InChI=1S/C14H23N3O2/c1-10(2)9-19-7-3-6-15-14(18)13-8-12(16-17-13)11-4-5-11/h8,10-11H,3-7,9H2,1-2H3,(H,15,18)(H,16,17). The molecule has 0 atom stereocenters. The molecule has 0 saturated heterocycles. The van der Waals surface area contributed by atoms with E-state index in [4.69, 9.17) is 4.74 Å². The highest BCUT2D eigenvalue weighted by atomic mass is 16.5. The second-order valence-corrected chi connectivity index (χ2v) is 5.56. The molecule has 5 heteroatoms. The van der Waals surface area contributed by atoms with Crippen LogP contribution in [0.15, 0.2) is 6.07 Å². The van der Waals surface area contributed by atoms with E-state index < -0.39 is 0 Å². The second kappa shape index (κ2) is 6.70. The molecule has 5 nitrogen and oxygen atoms in total. The summed E-state index contributed by atoms with van der Waals surface area (Å²) < 4.78 is 5.45. The average Bonchev–Trinajstić information content (AvgIpc) is 3.11. The topological polar surface area (TPSA) is 67.0 Å². The molecule has 2 N–H and O–H groups in total. The van der Waals surface area contributed by atoms with Gasteiger partial charge in [-0.1, -0.05) is 13.8 Å². The zero-order valence-electron chi connectivity index (χ0n) is 11.7. The normalized spacial score (nSPS) is 14.9. The van der Waals surface area contributed by atoms with Gasteiger partial charge in [0.05, 0.1) is 0 Å². The molecule has 0 aromatic carbocycles. The summed E-state index contributed by atoms with van der Waals surface area (Å²) in [6.45, 7) is 6.33. The van der Waals surface area contributed by atoms with Gasteiger partial charge in [-0.3, -0.25) is 9.89 Å². The lowest BCUT2D eigenvalue weighted by Gasteiger charge is -2.06. The van der Waals surface area contributed by atoms with Gasteiger partial charge in [0.2, 0.25) is 0 Å². The Hall–Kier alpha value is -1.36. The van der Waals surface area contributed by atoms with E-state index in [-0.39, 0.29) is 5.91 Å². The summed E-state index contributed by atoms with van der Waals surface area (Å²) in [5, 5.41) is 9.84. The predicted molar refractivity (Wildman–Crippen MR) is 73.2 cm³/mol. The fourth-order valence-corrected chi connectivity index (χ4v) is 1.84. The Labute approximate surface area is 114 Å². The molecule has 1 amide bonds. The van der Waals surface area contributed by atoms with Gasteiger partial charge in [0.15, 0.2) is 0 Å². The van der Waals surface area contributed by atoms with Crippen LogP contribution < -0.4 is 5.32 Å². The predicted octanol–water partition coefficient (Wildman–Crippen LogP) is 2.08. The number of aromatic amines is 1. The van der Waals surface area contributed by atoms with E-state index in [0.29, 0.717) is 30.7 Å². The van der Waals surface area contributed by atoms with Gasteiger partial charge in [-0.15, -0.1) is 0 Å². The van der Waals surface area contributed by atoms with Gasteiger partial charge in [-0.25, -0.2) is 0 Å². The minimum atomic E-state index is -0.105. The van der Waals surface area contributed by atoms with Crippen LogP contribution >= 0.6 is 0 Å². The van der Waals surface area contributed by atoms with Crippen molar-refractivity contribution in [1.29, 1.82) is 0 Å². The first-order valence-electron chi connectivity index (χ1n) is 7.08. The van der Waals surface area contributed by atoms with Crippen LogP contribution in [-0.2, 0) is 4.74 Å². The van der Waals surface area contributed by atoms with Crippen molar-refractivity contribution >= 4 is 5.91 Å². The van der Waals surface area contributed by atoms with Gasteiger partial charge < -0.3 is 10.1 Å². The number of H-pyrrole nitrogens is 1. The van der Waals surface area contributed by atoms with E-state index in [2.05, 4.69) is 29.4 Å². The number of hydrogen-bond donors (Lipinski definition) is 2. The zero-order chi connectivity index (χ0) is 13.7. The number of hydrogen-bond acceptors (Lipinski definition) is 3. The molecule has 1 heterocycles. The lowest BCUT2D eigenvalue weighted by atomic mass is 10.2. The van der Waals surface area contributed by atoms with E-state index in [9.17, 15) is 4.79 Å². The third kappa shape index (κ3) is 4.67. The minimum Gasteiger partial charge on any atom is -0.381 e. The summed E-state index contributed by atoms with van der Waals surface area (Å²) in [4.78, 5) is 11.8. The van der Waals surface area contributed by atoms with Crippen molar-refractivity contribution in [2.24, 2.45) is 5.92 Å². The van der Waals surface area contributed by atoms with Crippen LogP contribution in [0, 0.1) is 5.92 Å². The average molecular weight is 265 g/mol. The van der Waals surface area contributed by atoms with Crippen molar-refractivity contribution in [2.45, 2.75) is 39.0 Å². The van der Waals surface area contributed by atoms with Crippen LogP contribution in [0.4, 0.5) is 0 Å². The number of ether oxygens (including phenoxy) is 1. The van der Waals surface area contributed by atoms with Crippen molar-refractivity contribution < 1.29 is 9.53 Å². The van der Waals surface area contributed by atoms with Crippen molar-refractivity contribution in [3.05, 3.63) is 17.5 Å². The van der Waals surface area contributed by atoms with Gasteiger partial charge in [-0.2, -0.15) is 5.10 Å². The fourth-order valence-electron chi connectivity index (χ4n) is 1.84. The molecule has 1 aromatic heterocycles. The van der Waals surface area contributed by atoms with Crippen molar-refractivity contribution in [2.75, 3.05) is 19.8 Å². The van der Waals surface area contributed by atoms with Crippen LogP contribution in [0.5, 0.6) is 0 Å². The van der Waals surface area contributed by atoms with E-state index >= 15 is 0 Å². The monoisotopic (exact) mass is 265 g/mol. The largest absolute Gasteiger partial charge is 0.381 e. The number of nitrogens with one attached hydrogen (secondary N) is 2. The van der Waals surface area contributed by atoms with E-state index in [1.54, 1.807) is 0 Å². The molecule has 0 spiro atoms. The minimum absolute atomic E-state index is 0.105. The van der Waals surface area contributed by atoms with Crippen LogP contribution in [0.1, 0.15) is 55.2 Å². The Morgan fingerprint density at radius 2 is 2.37 bits per heavy atom. The maximum Gasteiger partial charge on any atom is 0.271 e. The third-order valence-corrected chi connectivity index (χ3v) is 3.05. The van der Waals surface area contributed by atoms with E-state index in [1.807, 2.05) is 6.07 Å². The summed E-state index contributed by atoms with van der Waals surface area (Å²) in [5.74, 6) is 1.05. The number of rotatable bonds is 8. The SMILES string of the molecule is CC(C)COCCCNC(=O)c1cc(C2CC2)[nH]n1. The zero-order valence-corrected chi connectivity index (χ0v) is 11.7. The number of nitrogens with zero attached hydrogens (tertiary/aromatic N) is 1. The van der Waals surface area contributed by atoms with Gasteiger partial charge >= 0.3 is 0 Å². The molecule has 106 valence electrons. The fraction of sp³-hybridized carbons (Fsp3) is 0.714. The first-order chi connectivity index (χ1) is 9.16.